The molecular weight excluding hydrogens is 241 g/mol. The summed E-state index contributed by atoms with van der Waals surface area (Å²) in [5, 5.41) is 1.05. The molecule has 0 heterocycles. The third kappa shape index (κ3) is 2.68. The van der Waals surface area contributed by atoms with E-state index in [9.17, 15) is 4.57 Å². The Hall–Kier alpha value is -0.300. The summed E-state index contributed by atoms with van der Waals surface area (Å²) in [6.45, 7) is 4.42. The first-order valence-electron chi connectivity index (χ1n) is 5.38. The molecule has 1 saturated carbocycles. The van der Waals surface area contributed by atoms with Gasteiger partial charge in [0.15, 0.2) is 0 Å². The van der Waals surface area contributed by atoms with Crippen molar-refractivity contribution in [2.75, 3.05) is 19.9 Å². The smallest absolute Gasteiger partial charge is 0.110 e. The van der Waals surface area contributed by atoms with Gasteiger partial charge in [-0.15, -0.1) is 12.4 Å². The quantitative estimate of drug-likeness (QED) is 0.847. The van der Waals surface area contributed by atoms with Crippen LogP contribution in [0.4, 0.5) is 0 Å². The molecule has 1 aromatic carbocycles. The highest BCUT2D eigenvalue weighted by Crippen LogP contribution is 2.49. The highest BCUT2D eigenvalue weighted by atomic mass is 35.5. The normalized spacial score (nSPS) is 23.7. The van der Waals surface area contributed by atoms with Crippen LogP contribution in [0.1, 0.15) is 17.9 Å². The van der Waals surface area contributed by atoms with Gasteiger partial charge in [0, 0.05) is 5.30 Å². The Morgan fingerprint density at radius 1 is 1.38 bits per heavy atom. The molecule has 1 fully saturated rings. The maximum absolute atomic E-state index is 12.1. The number of rotatable bonds is 3. The van der Waals surface area contributed by atoms with Crippen molar-refractivity contribution in [2.45, 2.75) is 12.3 Å². The molecule has 0 amide bonds. The fraction of sp³-hybridized carbons (Fsp3) is 0.500. The van der Waals surface area contributed by atoms with Crippen LogP contribution >= 0.6 is 19.5 Å². The summed E-state index contributed by atoms with van der Waals surface area (Å²) in [7, 11) is -2.15. The molecule has 2 nitrogen and oxygen atoms in total. The highest BCUT2D eigenvalue weighted by molar-refractivity contribution is 7.70. The van der Waals surface area contributed by atoms with Crippen molar-refractivity contribution in [2.24, 2.45) is 11.7 Å². The van der Waals surface area contributed by atoms with Crippen LogP contribution in [0.2, 0.25) is 0 Å². The van der Waals surface area contributed by atoms with Gasteiger partial charge in [0.2, 0.25) is 0 Å². The summed E-state index contributed by atoms with van der Waals surface area (Å²) in [6, 6.07) is 8.11. The van der Waals surface area contributed by atoms with E-state index in [1.54, 1.807) is 0 Å². The van der Waals surface area contributed by atoms with Gasteiger partial charge in [0.25, 0.3) is 0 Å². The lowest BCUT2D eigenvalue weighted by atomic mass is 10.1. The maximum atomic E-state index is 12.1. The van der Waals surface area contributed by atoms with Crippen LogP contribution in [-0.4, -0.2) is 19.9 Å². The average molecular weight is 260 g/mol. The zero-order valence-electron chi connectivity index (χ0n) is 9.72. The fourth-order valence-corrected chi connectivity index (χ4v) is 3.49. The molecule has 4 heteroatoms. The summed E-state index contributed by atoms with van der Waals surface area (Å²) in [5.41, 5.74) is 6.92. The summed E-state index contributed by atoms with van der Waals surface area (Å²) in [4.78, 5) is 0. The van der Waals surface area contributed by atoms with E-state index in [4.69, 9.17) is 5.73 Å². The predicted molar refractivity (Wildman–Crippen MR) is 72.7 cm³/mol. The molecule has 0 saturated heterocycles. The summed E-state index contributed by atoms with van der Waals surface area (Å²) in [5.74, 6) is 1.16. The van der Waals surface area contributed by atoms with Gasteiger partial charge in [-0.25, -0.2) is 0 Å². The zero-order chi connectivity index (χ0) is 11.1. The molecule has 0 aliphatic heterocycles. The Balaban J connectivity index is 0.00000128. The first kappa shape index (κ1) is 13.8. The van der Waals surface area contributed by atoms with Gasteiger partial charge in [-0.05, 0) is 43.7 Å². The Morgan fingerprint density at radius 2 is 2.00 bits per heavy atom. The van der Waals surface area contributed by atoms with Gasteiger partial charge < -0.3 is 10.3 Å². The molecule has 0 radical (unpaired) electrons. The number of nitrogens with two attached hydrogens (primary N) is 1. The summed E-state index contributed by atoms with van der Waals surface area (Å²) >= 11 is 0. The molecule has 90 valence electrons. The standard InChI is InChI=1S/C12H18NOP.ClH/c1-15(2,14)12-6-4-3-5-10(12)11-7-9(11)8-13;/h3-6,9,11H,7-8,13H2,1-2H3;1H. The zero-order valence-corrected chi connectivity index (χ0v) is 11.4. The minimum absolute atomic E-state index is 0. The first-order chi connectivity index (χ1) is 7.04. The van der Waals surface area contributed by atoms with E-state index < -0.39 is 7.14 Å². The SMILES string of the molecule is CP(C)(=O)c1ccccc1C1CC1CN.Cl. The lowest BCUT2D eigenvalue weighted by Gasteiger charge is -2.12. The summed E-state index contributed by atoms with van der Waals surface area (Å²) < 4.78 is 12.1. The molecule has 1 aromatic rings. The lowest BCUT2D eigenvalue weighted by Crippen LogP contribution is -2.11. The van der Waals surface area contributed by atoms with Crippen LogP contribution < -0.4 is 11.0 Å². The number of benzene rings is 1. The highest BCUT2D eigenvalue weighted by Gasteiger charge is 2.39. The van der Waals surface area contributed by atoms with Gasteiger partial charge in [-0.1, -0.05) is 24.3 Å². The molecule has 1 aliphatic rings. The molecule has 16 heavy (non-hydrogen) atoms. The average Bonchev–Trinajstić information content (AvgIpc) is 2.95. The van der Waals surface area contributed by atoms with Crippen molar-refractivity contribution < 1.29 is 4.57 Å². The van der Waals surface area contributed by atoms with Crippen molar-refractivity contribution in [3.05, 3.63) is 29.8 Å². The predicted octanol–water partition coefficient (Wildman–Crippen LogP) is 2.42. The Bertz CT molecular complexity index is 415. The van der Waals surface area contributed by atoms with E-state index in [2.05, 4.69) is 6.07 Å². The third-order valence-corrected chi connectivity index (χ3v) is 4.71. The Morgan fingerprint density at radius 3 is 2.50 bits per heavy atom. The molecule has 1 aliphatic carbocycles. The molecule has 2 N–H and O–H groups in total. The van der Waals surface area contributed by atoms with Crippen molar-refractivity contribution in [1.29, 1.82) is 0 Å². The molecular formula is C12H19ClNOP. The lowest BCUT2D eigenvalue weighted by molar-refractivity contribution is 0.588. The molecule has 0 spiro atoms. The molecule has 2 rings (SSSR count). The van der Waals surface area contributed by atoms with E-state index in [-0.39, 0.29) is 12.4 Å². The van der Waals surface area contributed by atoms with Crippen LogP contribution in [0.5, 0.6) is 0 Å². The first-order valence-corrected chi connectivity index (χ1v) is 7.98. The third-order valence-electron chi connectivity index (χ3n) is 3.14. The second-order valence-electron chi connectivity index (χ2n) is 4.75. The van der Waals surface area contributed by atoms with E-state index in [1.807, 2.05) is 31.5 Å². The van der Waals surface area contributed by atoms with Crippen LogP contribution in [0.15, 0.2) is 24.3 Å². The Kier molecular flexibility index (Phi) is 4.23. The minimum atomic E-state index is -2.15. The largest absolute Gasteiger partial charge is 0.330 e. The van der Waals surface area contributed by atoms with E-state index in [0.717, 1.165) is 18.3 Å². The number of hydrogen-bond donors (Lipinski definition) is 1. The van der Waals surface area contributed by atoms with Gasteiger partial charge in [-0.3, -0.25) is 0 Å². The minimum Gasteiger partial charge on any atom is -0.330 e. The van der Waals surface area contributed by atoms with Crippen LogP contribution in [-0.2, 0) is 4.57 Å². The van der Waals surface area contributed by atoms with Crippen LogP contribution in [0.25, 0.3) is 0 Å². The second kappa shape index (κ2) is 4.91. The molecule has 2 atom stereocenters. The topological polar surface area (TPSA) is 43.1 Å². The van der Waals surface area contributed by atoms with Crippen molar-refractivity contribution in [3.63, 3.8) is 0 Å². The van der Waals surface area contributed by atoms with E-state index in [1.165, 1.54) is 5.56 Å². The van der Waals surface area contributed by atoms with Crippen LogP contribution in [0, 0.1) is 5.92 Å². The van der Waals surface area contributed by atoms with Crippen molar-refractivity contribution >= 4 is 24.9 Å². The maximum Gasteiger partial charge on any atom is 0.110 e. The Labute approximate surface area is 103 Å². The van der Waals surface area contributed by atoms with Crippen molar-refractivity contribution in [3.8, 4) is 0 Å². The molecule has 2 unspecified atom stereocenters. The van der Waals surface area contributed by atoms with Gasteiger partial charge >= 0.3 is 0 Å². The van der Waals surface area contributed by atoms with Crippen molar-refractivity contribution in [1.82, 2.24) is 0 Å². The molecule has 0 aromatic heterocycles. The second-order valence-corrected chi connectivity index (χ2v) is 7.93. The summed E-state index contributed by atoms with van der Waals surface area (Å²) in [6.07, 6.45) is 1.16. The number of hydrogen-bond acceptors (Lipinski definition) is 2. The fourth-order valence-electron chi connectivity index (χ4n) is 2.18. The monoisotopic (exact) mass is 259 g/mol. The van der Waals surface area contributed by atoms with Gasteiger partial charge in [-0.2, -0.15) is 0 Å². The van der Waals surface area contributed by atoms with Gasteiger partial charge in [0.1, 0.15) is 7.14 Å². The van der Waals surface area contributed by atoms with E-state index in [0.29, 0.717) is 11.8 Å². The number of halogens is 1. The van der Waals surface area contributed by atoms with Crippen LogP contribution in [0.3, 0.4) is 0 Å². The van der Waals surface area contributed by atoms with E-state index >= 15 is 0 Å². The molecule has 0 bridgehead atoms. The van der Waals surface area contributed by atoms with Gasteiger partial charge in [0.05, 0.1) is 0 Å².